The number of hydrogen-bond donors (Lipinski definition) is 2. The van der Waals surface area contributed by atoms with Crippen molar-refractivity contribution in [1.29, 1.82) is 0 Å². The first-order valence-electron chi connectivity index (χ1n) is 7.02. The van der Waals surface area contributed by atoms with Crippen molar-refractivity contribution < 1.29 is 28.6 Å². The van der Waals surface area contributed by atoms with E-state index in [-0.39, 0.29) is 18.4 Å². The zero-order chi connectivity index (χ0) is 17.4. The number of oxime groups is 1. The predicted molar refractivity (Wildman–Crippen MR) is 86.1 cm³/mol. The van der Waals surface area contributed by atoms with Crippen molar-refractivity contribution in [3.05, 3.63) is 10.0 Å². The second kappa shape index (κ2) is 6.36. The quantitative estimate of drug-likeness (QED) is 0.443. The normalized spacial score (nSPS) is 21.1. The summed E-state index contributed by atoms with van der Waals surface area (Å²) in [6, 6.07) is 0. The van der Waals surface area contributed by atoms with Gasteiger partial charge in [0.2, 0.25) is 18.3 Å². The molecule has 2 heterocycles. The lowest BCUT2D eigenvalue weighted by Gasteiger charge is -2.21. The van der Waals surface area contributed by atoms with Gasteiger partial charge < -0.3 is 23.8 Å². The SMILES string of the molecule is COc1c(Br)c([C@@H]2ON=C(C(=O)NN)[C@H]2C)c(OC)c2c1OCO2. The third-order valence-corrected chi connectivity index (χ3v) is 4.70. The first-order valence-corrected chi connectivity index (χ1v) is 7.82. The molecule has 0 aliphatic carbocycles. The molecule has 2 atom stereocenters. The number of nitrogens with one attached hydrogen (secondary N) is 1. The molecule has 2 aliphatic rings. The molecule has 0 aromatic heterocycles. The van der Waals surface area contributed by atoms with Crippen LogP contribution in [-0.4, -0.2) is 32.6 Å². The summed E-state index contributed by atoms with van der Waals surface area (Å²) in [5.41, 5.74) is 2.85. The molecule has 1 aromatic rings. The number of amides is 1. The molecule has 1 aromatic carbocycles. The lowest BCUT2D eigenvalue weighted by molar-refractivity contribution is -0.115. The van der Waals surface area contributed by atoms with E-state index in [4.69, 9.17) is 29.6 Å². The maximum absolute atomic E-state index is 11.8. The highest BCUT2D eigenvalue weighted by Gasteiger charge is 2.42. The maximum Gasteiger partial charge on any atom is 0.283 e. The Hall–Kier alpha value is -2.20. The molecule has 130 valence electrons. The molecule has 0 bridgehead atoms. The van der Waals surface area contributed by atoms with Gasteiger partial charge in [-0.15, -0.1) is 0 Å². The molecule has 10 heteroatoms. The summed E-state index contributed by atoms with van der Waals surface area (Å²) in [4.78, 5) is 17.3. The van der Waals surface area contributed by atoms with Crippen LogP contribution in [0.3, 0.4) is 0 Å². The average Bonchev–Trinajstić information content (AvgIpc) is 3.20. The van der Waals surface area contributed by atoms with Crippen molar-refractivity contribution in [2.45, 2.75) is 13.0 Å². The topological polar surface area (TPSA) is 114 Å². The van der Waals surface area contributed by atoms with Gasteiger partial charge in [-0.05, 0) is 15.9 Å². The van der Waals surface area contributed by atoms with E-state index in [0.29, 0.717) is 33.0 Å². The van der Waals surface area contributed by atoms with E-state index < -0.39 is 12.0 Å². The largest absolute Gasteiger partial charge is 0.492 e. The zero-order valence-corrected chi connectivity index (χ0v) is 14.8. The van der Waals surface area contributed by atoms with E-state index in [0.717, 1.165) is 0 Å². The van der Waals surface area contributed by atoms with Crippen molar-refractivity contribution in [2.24, 2.45) is 16.9 Å². The lowest BCUT2D eigenvalue weighted by Crippen LogP contribution is -2.38. The number of halogens is 1. The minimum Gasteiger partial charge on any atom is -0.492 e. The second-order valence-electron chi connectivity index (χ2n) is 5.12. The molecular formula is C14H16BrN3O6. The van der Waals surface area contributed by atoms with Crippen molar-refractivity contribution in [3.8, 4) is 23.0 Å². The van der Waals surface area contributed by atoms with Crippen LogP contribution in [0, 0.1) is 5.92 Å². The molecule has 24 heavy (non-hydrogen) atoms. The van der Waals surface area contributed by atoms with Gasteiger partial charge in [0, 0.05) is 0 Å². The highest BCUT2D eigenvalue weighted by molar-refractivity contribution is 9.10. The molecule has 0 saturated heterocycles. The Kier molecular flexibility index (Phi) is 4.41. The molecule has 2 aliphatic heterocycles. The fraction of sp³-hybridized carbons (Fsp3) is 0.429. The summed E-state index contributed by atoms with van der Waals surface area (Å²) in [6.07, 6.45) is -0.593. The highest BCUT2D eigenvalue weighted by atomic mass is 79.9. The molecule has 0 saturated carbocycles. The zero-order valence-electron chi connectivity index (χ0n) is 13.2. The standard InChI is InChI=1S/C14H16BrN3O6/c1-5-8(14(19)17-16)18-24-9(5)6-7(15)11(21-3)13-12(10(6)20-2)22-4-23-13/h5,9H,4,16H2,1-3H3,(H,17,19)/t5-,9-/m1/s1. The van der Waals surface area contributed by atoms with E-state index in [1.54, 1.807) is 6.92 Å². The van der Waals surface area contributed by atoms with Crippen molar-refractivity contribution >= 4 is 27.5 Å². The van der Waals surface area contributed by atoms with Crippen LogP contribution < -0.4 is 30.2 Å². The molecule has 1 amide bonds. The van der Waals surface area contributed by atoms with Crippen LogP contribution in [0.5, 0.6) is 23.0 Å². The number of nitrogens with two attached hydrogens (primary N) is 1. The maximum atomic E-state index is 11.8. The average molecular weight is 402 g/mol. The number of hydrogen-bond acceptors (Lipinski definition) is 8. The van der Waals surface area contributed by atoms with Crippen LogP contribution >= 0.6 is 15.9 Å². The fourth-order valence-corrected chi connectivity index (χ4v) is 3.50. The molecule has 9 nitrogen and oxygen atoms in total. The van der Waals surface area contributed by atoms with Crippen LogP contribution in [0.4, 0.5) is 0 Å². The van der Waals surface area contributed by atoms with Crippen LogP contribution in [0.1, 0.15) is 18.6 Å². The van der Waals surface area contributed by atoms with Gasteiger partial charge in [0.25, 0.3) is 5.91 Å². The van der Waals surface area contributed by atoms with Gasteiger partial charge >= 0.3 is 0 Å². The molecule has 0 radical (unpaired) electrons. The van der Waals surface area contributed by atoms with Gasteiger partial charge in [0.15, 0.2) is 23.3 Å². The Morgan fingerprint density at radius 3 is 2.50 bits per heavy atom. The minimum atomic E-state index is -0.593. The second-order valence-corrected chi connectivity index (χ2v) is 5.92. The van der Waals surface area contributed by atoms with Crippen molar-refractivity contribution in [3.63, 3.8) is 0 Å². The van der Waals surface area contributed by atoms with Crippen LogP contribution in [0.2, 0.25) is 0 Å². The Morgan fingerprint density at radius 1 is 1.29 bits per heavy atom. The number of ether oxygens (including phenoxy) is 4. The molecule has 0 fully saturated rings. The third kappa shape index (κ3) is 2.33. The Bertz CT molecular complexity index is 723. The summed E-state index contributed by atoms with van der Waals surface area (Å²) < 4.78 is 22.5. The van der Waals surface area contributed by atoms with Gasteiger partial charge in [-0.25, -0.2) is 5.84 Å². The summed E-state index contributed by atoms with van der Waals surface area (Å²) >= 11 is 3.50. The van der Waals surface area contributed by atoms with E-state index in [1.165, 1.54) is 14.2 Å². The number of carbonyl (C=O) groups is 1. The summed E-state index contributed by atoms with van der Waals surface area (Å²) in [7, 11) is 3.02. The van der Waals surface area contributed by atoms with E-state index in [1.807, 2.05) is 0 Å². The highest BCUT2D eigenvalue weighted by Crippen LogP contribution is 2.57. The first kappa shape index (κ1) is 16.7. The molecular weight excluding hydrogens is 386 g/mol. The van der Waals surface area contributed by atoms with Crippen LogP contribution in [0.25, 0.3) is 0 Å². The number of methoxy groups -OCH3 is 2. The van der Waals surface area contributed by atoms with E-state index in [2.05, 4.69) is 26.5 Å². The number of rotatable bonds is 4. The van der Waals surface area contributed by atoms with Crippen LogP contribution in [0.15, 0.2) is 9.63 Å². The Morgan fingerprint density at radius 2 is 1.92 bits per heavy atom. The smallest absolute Gasteiger partial charge is 0.283 e. The summed E-state index contributed by atoms with van der Waals surface area (Å²) in [6.45, 7) is 1.85. The number of fused-ring (bicyclic) bond motifs is 1. The predicted octanol–water partition coefficient (Wildman–Crippen LogP) is 1.25. The molecule has 3 rings (SSSR count). The molecule has 0 spiro atoms. The summed E-state index contributed by atoms with van der Waals surface area (Å²) in [5.74, 6) is 6.03. The number of benzene rings is 1. The van der Waals surface area contributed by atoms with E-state index in [9.17, 15) is 4.79 Å². The third-order valence-electron chi connectivity index (χ3n) is 3.91. The van der Waals surface area contributed by atoms with Gasteiger partial charge in [-0.2, -0.15) is 0 Å². The monoisotopic (exact) mass is 401 g/mol. The number of nitrogens with zero attached hydrogens (tertiary/aromatic N) is 1. The van der Waals surface area contributed by atoms with Gasteiger partial charge in [0.05, 0.1) is 30.2 Å². The number of hydrazine groups is 1. The fourth-order valence-electron chi connectivity index (χ4n) is 2.76. The minimum absolute atomic E-state index is 0.0519. The molecule has 0 unspecified atom stereocenters. The van der Waals surface area contributed by atoms with Crippen LogP contribution in [-0.2, 0) is 9.63 Å². The number of carbonyl (C=O) groups excluding carboxylic acids is 1. The van der Waals surface area contributed by atoms with Crippen molar-refractivity contribution in [2.75, 3.05) is 21.0 Å². The van der Waals surface area contributed by atoms with Gasteiger partial charge in [-0.1, -0.05) is 12.1 Å². The van der Waals surface area contributed by atoms with E-state index >= 15 is 0 Å². The van der Waals surface area contributed by atoms with Crippen molar-refractivity contribution in [1.82, 2.24) is 5.43 Å². The van der Waals surface area contributed by atoms with Gasteiger partial charge in [-0.3, -0.25) is 10.2 Å². The summed E-state index contributed by atoms with van der Waals surface area (Å²) in [5, 5.41) is 3.85. The molecule has 3 N–H and O–H groups in total. The lowest BCUT2D eigenvalue weighted by atomic mass is 9.92. The Labute approximate surface area is 146 Å². The Balaban J connectivity index is 2.11. The first-order chi connectivity index (χ1) is 11.5. The van der Waals surface area contributed by atoms with Gasteiger partial charge in [0.1, 0.15) is 0 Å².